The Morgan fingerprint density at radius 2 is 2.57 bits per heavy atom. The van der Waals surface area contributed by atoms with E-state index in [1.807, 2.05) is 0 Å². The van der Waals surface area contributed by atoms with Gasteiger partial charge in [-0.1, -0.05) is 11.8 Å². The molecule has 1 heterocycles. The number of allylic oxidation sites excluding steroid dienone is 1. The standard InChI is InChI=1S/C8H8N2O3S/c1-13-7(11)4-5-8(12)10-6(14-5)2-3-9/h2,5H,4H2,1H3,(H,10,12)/b6-2+. The molecule has 1 amide bonds. The summed E-state index contributed by atoms with van der Waals surface area (Å²) in [6.45, 7) is 0. The molecule has 0 aromatic rings. The molecule has 1 atom stereocenters. The van der Waals surface area contributed by atoms with Gasteiger partial charge in [-0.2, -0.15) is 5.26 Å². The Morgan fingerprint density at radius 3 is 3.14 bits per heavy atom. The molecule has 0 radical (unpaired) electrons. The zero-order valence-electron chi connectivity index (χ0n) is 7.44. The van der Waals surface area contributed by atoms with Gasteiger partial charge in [0.1, 0.15) is 5.25 Å². The minimum absolute atomic E-state index is 0.0236. The zero-order chi connectivity index (χ0) is 10.6. The number of nitrogens with zero attached hydrogens (tertiary/aromatic N) is 1. The molecular weight excluding hydrogens is 204 g/mol. The molecule has 1 unspecified atom stereocenters. The van der Waals surface area contributed by atoms with Crippen molar-refractivity contribution in [3.63, 3.8) is 0 Å². The van der Waals surface area contributed by atoms with Crippen molar-refractivity contribution >= 4 is 23.6 Å². The van der Waals surface area contributed by atoms with Crippen LogP contribution < -0.4 is 5.32 Å². The maximum Gasteiger partial charge on any atom is 0.307 e. The van der Waals surface area contributed by atoms with Gasteiger partial charge >= 0.3 is 5.97 Å². The smallest absolute Gasteiger partial charge is 0.307 e. The molecule has 1 aliphatic rings. The summed E-state index contributed by atoms with van der Waals surface area (Å²) >= 11 is 1.16. The minimum atomic E-state index is -0.484. The van der Waals surface area contributed by atoms with E-state index in [0.29, 0.717) is 5.03 Å². The van der Waals surface area contributed by atoms with Crippen molar-refractivity contribution in [3.05, 3.63) is 11.1 Å². The van der Waals surface area contributed by atoms with Crippen LogP contribution in [0.2, 0.25) is 0 Å². The van der Waals surface area contributed by atoms with Gasteiger partial charge in [0.2, 0.25) is 5.91 Å². The predicted molar refractivity (Wildman–Crippen MR) is 49.9 cm³/mol. The van der Waals surface area contributed by atoms with E-state index in [1.165, 1.54) is 13.2 Å². The van der Waals surface area contributed by atoms with Gasteiger partial charge in [0.25, 0.3) is 0 Å². The Morgan fingerprint density at radius 1 is 1.86 bits per heavy atom. The van der Waals surface area contributed by atoms with Gasteiger partial charge in [-0.15, -0.1) is 0 Å². The van der Waals surface area contributed by atoms with Gasteiger partial charge in [0, 0.05) is 6.08 Å². The van der Waals surface area contributed by atoms with Gasteiger partial charge in [0.15, 0.2) is 0 Å². The molecule has 0 spiro atoms. The molecule has 1 saturated heterocycles. The Bertz CT molecular complexity index is 332. The number of methoxy groups -OCH3 is 1. The van der Waals surface area contributed by atoms with Crippen LogP contribution in [0, 0.1) is 11.3 Å². The number of ether oxygens (including phenoxy) is 1. The summed E-state index contributed by atoms with van der Waals surface area (Å²) in [4.78, 5) is 22.1. The number of thioether (sulfide) groups is 1. The van der Waals surface area contributed by atoms with Gasteiger partial charge in [0.05, 0.1) is 24.6 Å². The van der Waals surface area contributed by atoms with Crippen LogP contribution in [-0.4, -0.2) is 24.2 Å². The number of nitrogens with one attached hydrogen (secondary N) is 1. The van der Waals surface area contributed by atoms with E-state index in [9.17, 15) is 9.59 Å². The molecule has 1 fully saturated rings. The number of rotatable bonds is 2. The third kappa shape index (κ3) is 2.50. The molecular formula is C8H8N2O3S. The van der Waals surface area contributed by atoms with E-state index in [0.717, 1.165) is 11.8 Å². The minimum Gasteiger partial charge on any atom is -0.469 e. The first-order chi connectivity index (χ1) is 6.67. The van der Waals surface area contributed by atoms with Crippen LogP contribution in [0.5, 0.6) is 0 Å². The summed E-state index contributed by atoms with van der Waals surface area (Å²) in [5.41, 5.74) is 0. The number of nitriles is 1. The Kier molecular flexibility index (Phi) is 3.54. The van der Waals surface area contributed by atoms with Crippen molar-refractivity contribution in [3.8, 4) is 6.07 Å². The quantitative estimate of drug-likeness (QED) is 0.520. The first-order valence-electron chi connectivity index (χ1n) is 3.81. The second-order valence-electron chi connectivity index (χ2n) is 2.51. The van der Waals surface area contributed by atoms with Gasteiger partial charge in [-0.05, 0) is 0 Å². The number of amides is 1. The Balaban J connectivity index is 2.58. The van der Waals surface area contributed by atoms with Crippen molar-refractivity contribution in [2.75, 3.05) is 7.11 Å². The summed E-state index contributed by atoms with van der Waals surface area (Å²) < 4.78 is 4.44. The highest BCUT2D eigenvalue weighted by atomic mass is 32.2. The highest BCUT2D eigenvalue weighted by Gasteiger charge is 2.31. The maximum atomic E-state index is 11.2. The average molecular weight is 212 g/mol. The molecule has 0 aromatic carbocycles. The van der Waals surface area contributed by atoms with Crippen LogP contribution in [-0.2, 0) is 14.3 Å². The molecule has 0 aliphatic carbocycles. The van der Waals surface area contributed by atoms with Crippen LogP contribution >= 0.6 is 11.8 Å². The lowest BCUT2D eigenvalue weighted by molar-refractivity contribution is -0.141. The van der Waals surface area contributed by atoms with E-state index >= 15 is 0 Å². The van der Waals surface area contributed by atoms with Crippen molar-refractivity contribution < 1.29 is 14.3 Å². The summed E-state index contributed by atoms with van der Waals surface area (Å²) in [6, 6.07) is 1.80. The molecule has 0 bridgehead atoms. The van der Waals surface area contributed by atoms with Crippen molar-refractivity contribution in [2.24, 2.45) is 0 Å². The fraction of sp³-hybridized carbons (Fsp3) is 0.375. The fourth-order valence-electron chi connectivity index (χ4n) is 0.936. The fourth-order valence-corrected chi connectivity index (χ4v) is 1.91. The number of carbonyl (C=O) groups is 2. The van der Waals surface area contributed by atoms with Crippen LogP contribution in [0.3, 0.4) is 0 Å². The molecule has 0 saturated carbocycles. The summed E-state index contributed by atoms with van der Waals surface area (Å²) in [5, 5.41) is 10.8. The monoisotopic (exact) mass is 212 g/mol. The average Bonchev–Trinajstić information content (AvgIpc) is 2.47. The molecule has 5 nitrogen and oxygen atoms in total. The van der Waals surface area contributed by atoms with Crippen molar-refractivity contribution in [1.29, 1.82) is 5.26 Å². The lowest BCUT2D eigenvalue weighted by Crippen LogP contribution is -2.24. The number of hydrogen-bond acceptors (Lipinski definition) is 5. The number of carbonyl (C=O) groups excluding carboxylic acids is 2. The molecule has 14 heavy (non-hydrogen) atoms. The van der Waals surface area contributed by atoms with E-state index in [1.54, 1.807) is 6.07 Å². The summed E-state index contributed by atoms with van der Waals surface area (Å²) in [6.07, 6.45) is 1.26. The van der Waals surface area contributed by atoms with Gasteiger partial charge in [-0.25, -0.2) is 0 Å². The molecule has 1 rings (SSSR count). The Labute approximate surface area is 85.1 Å². The lowest BCUT2D eigenvalue weighted by atomic mass is 10.3. The van der Waals surface area contributed by atoms with E-state index < -0.39 is 11.2 Å². The largest absolute Gasteiger partial charge is 0.469 e. The molecule has 74 valence electrons. The molecule has 0 aromatic heterocycles. The highest BCUT2D eigenvalue weighted by molar-refractivity contribution is 8.04. The highest BCUT2D eigenvalue weighted by Crippen LogP contribution is 2.28. The van der Waals surface area contributed by atoms with Crippen molar-refractivity contribution in [2.45, 2.75) is 11.7 Å². The number of hydrogen-bond donors (Lipinski definition) is 1. The normalized spacial score (nSPS) is 23.0. The number of esters is 1. The third-order valence-electron chi connectivity index (χ3n) is 1.58. The predicted octanol–water partition coefficient (Wildman–Crippen LogP) is 0.146. The zero-order valence-corrected chi connectivity index (χ0v) is 8.26. The van der Waals surface area contributed by atoms with Crippen LogP contribution in [0.15, 0.2) is 11.1 Å². The van der Waals surface area contributed by atoms with Gasteiger partial charge < -0.3 is 10.1 Å². The SMILES string of the molecule is COC(=O)CC1S/C(=C/C#N)NC1=O. The third-order valence-corrected chi connectivity index (χ3v) is 2.72. The van der Waals surface area contributed by atoms with Gasteiger partial charge in [-0.3, -0.25) is 9.59 Å². The van der Waals surface area contributed by atoms with Crippen LogP contribution in [0.25, 0.3) is 0 Å². The summed E-state index contributed by atoms with van der Waals surface area (Å²) in [7, 11) is 1.27. The topological polar surface area (TPSA) is 79.2 Å². The first-order valence-corrected chi connectivity index (χ1v) is 4.69. The first kappa shape index (κ1) is 10.6. The van der Waals surface area contributed by atoms with Crippen molar-refractivity contribution in [1.82, 2.24) is 5.32 Å². The van der Waals surface area contributed by atoms with E-state index in [-0.39, 0.29) is 12.3 Å². The van der Waals surface area contributed by atoms with E-state index in [2.05, 4.69) is 10.1 Å². The van der Waals surface area contributed by atoms with Crippen LogP contribution in [0.1, 0.15) is 6.42 Å². The molecule has 1 aliphatic heterocycles. The van der Waals surface area contributed by atoms with Crippen LogP contribution in [0.4, 0.5) is 0 Å². The summed E-state index contributed by atoms with van der Waals surface area (Å²) in [5.74, 6) is -0.697. The second kappa shape index (κ2) is 4.67. The molecule has 1 N–H and O–H groups in total. The lowest BCUT2D eigenvalue weighted by Gasteiger charge is -2.01. The van der Waals surface area contributed by atoms with E-state index in [4.69, 9.17) is 5.26 Å². The second-order valence-corrected chi connectivity index (χ2v) is 3.76. The molecule has 6 heteroatoms. The Hall–Kier alpha value is -1.48. The maximum absolute atomic E-state index is 11.2.